The summed E-state index contributed by atoms with van der Waals surface area (Å²) < 4.78 is 20.3. The Morgan fingerprint density at radius 3 is 2.29 bits per heavy atom. The highest BCUT2D eigenvalue weighted by molar-refractivity contribution is 5.92. The van der Waals surface area contributed by atoms with E-state index < -0.39 is 11.8 Å². The van der Waals surface area contributed by atoms with E-state index in [1.807, 2.05) is 61.6 Å². The molecule has 2 aliphatic heterocycles. The van der Waals surface area contributed by atoms with Crippen LogP contribution in [0.25, 0.3) is 0 Å². The number of ether oxygens (including phenoxy) is 1. The van der Waals surface area contributed by atoms with Gasteiger partial charge in [-0.05, 0) is 81.3 Å². The second-order valence-corrected chi connectivity index (χ2v) is 10.2. The maximum atomic E-state index is 14.5. The van der Waals surface area contributed by atoms with E-state index in [1.165, 1.54) is 6.07 Å². The monoisotopic (exact) mass is 517 g/mol. The number of benzene rings is 3. The van der Waals surface area contributed by atoms with Gasteiger partial charge in [-0.3, -0.25) is 14.6 Å². The summed E-state index contributed by atoms with van der Waals surface area (Å²) in [6, 6.07) is 21.9. The van der Waals surface area contributed by atoms with Gasteiger partial charge in [0.2, 0.25) is 5.91 Å². The van der Waals surface area contributed by atoms with Gasteiger partial charge in [-0.2, -0.15) is 0 Å². The van der Waals surface area contributed by atoms with Gasteiger partial charge in [0.05, 0.1) is 12.1 Å². The number of amides is 1. The molecule has 0 radical (unpaired) electrons. The zero-order valence-electron chi connectivity index (χ0n) is 21.3. The van der Waals surface area contributed by atoms with Crippen LogP contribution in [0, 0.1) is 5.82 Å². The molecule has 198 valence electrons. The van der Waals surface area contributed by atoms with Gasteiger partial charge in [0.15, 0.2) is 0 Å². The molecule has 2 saturated heterocycles. The number of carbonyl (C=O) groups excluding carboxylic acids is 1. The minimum absolute atomic E-state index is 0.0377. The van der Waals surface area contributed by atoms with Crippen LogP contribution in [0.5, 0.6) is 11.5 Å². The molecule has 0 aromatic heterocycles. The van der Waals surface area contributed by atoms with Crippen LogP contribution in [0.4, 0.5) is 10.1 Å². The smallest absolute Gasteiger partial charge is 0.335 e. The topological polar surface area (TPSA) is 82.1 Å². The molecule has 0 spiro atoms. The van der Waals surface area contributed by atoms with Crippen LogP contribution in [-0.2, 0) is 11.3 Å². The predicted octanol–water partition coefficient (Wildman–Crippen LogP) is 5.38. The van der Waals surface area contributed by atoms with Gasteiger partial charge in [-0.25, -0.2) is 9.18 Å². The van der Waals surface area contributed by atoms with E-state index in [9.17, 15) is 14.0 Å². The maximum absolute atomic E-state index is 14.5. The van der Waals surface area contributed by atoms with Crippen molar-refractivity contribution in [3.05, 3.63) is 89.7 Å². The molecule has 7 nitrogen and oxygen atoms in total. The van der Waals surface area contributed by atoms with Crippen LogP contribution < -0.4 is 10.1 Å². The number of hydrogen-bond acceptors (Lipinski definition) is 5. The second kappa shape index (κ2) is 11.3. The highest BCUT2D eigenvalue weighted by Gasteiger charge is 2.42. The van der Waals surface area contributed by atoms with Crippen LogP contribution in [-0.4, -0.2) is 58.5 Å². The van der Waals surface area contributed by atoms with E-state index in [-0.39, 0.29) is 24.1 Å². The van der Waals surface area contributed by atoms with Gasteiger partial charge in [-0.1, -0.05) is 24.3 Å². The molecule has 2 atom stereocenters. The number of nitrogens with zero attached hydrogens (tertiary/aromatic N) is 2. The van der Waals surface area contributed by atoms with Crippen molar-refractivity contribution in [2.24, 2.45) is 0 Å². The SMILES string of the molecule is CN(CC(=O)Nc1ccc(Oc2ccccc2)cc1)C1CC2CCC(C1)N2Cc1ccc(C(=O)O)cc1F. The third-order valence-electron chi connectivity index (χ3n) is 7.65. The molecular weight excluding hydrogens is 485 g/mol. The Bertz CT molecular complexity index is 1270. The summed E-state index contributed by atoms with van der Waals surface area (Å²) >= 11 is 0. The number of carbonyl (C=O) groups is 2. The zero-order chi connectivity index (χ0) is 26.6. The molecule has 2 bridgehead atoms. The first kappa shape index (κ1) is 25.9. The molecule has 8 heteroatoms. The fraction of sp³-hybridized carbons (Fsp3) is 0.333. The van der Waals surface area contributed by atoms with Crippen molar-refractivity contribution in [3.8, 4) is 11.5 Å². The first-order valence-electron chi connectivity index (χ1n) is 13.0. The van der Waals surface area contributed by atoms with Gasteiger partial charge in [-0.15, -0.1) is 0 Å². The van der Waals surface area contributed by atoms with E-state index in [0.717, 1.165) is 43.2 Å². The van der Waals surface area contributed by atoms with Crippen molar-refractivity contribution in [1.82, 2.24) is 9.80 Å². The average Bonchev–Trinajstić information content (AvgIpc) is 3.12. The molecule has 3 aromatic carbocycles. The zero-order valence-corrected chi connectivity index (χ0v) is 21.3. The minimum Gasteiger partial charge on any atom is -0.478 e. The summed E-state index contributed by atoms with van der Waals surface area (Å²) in [4.78, 5) is 28.3. The lowest BCUT2D eigenvalue weighted by atomic mass is 9.95. The standard InChI is InChI=1S/C30H32FN3O4/c1-33(19-29(35)32-22-9-13-27(14-10-22)38-26-5-3-2-4-6-26)25-16-23-11-12-24(17-25)34(23)18-21-8-7-20(30(36)37)15-28(21)31/h2-10,13-15,23-25H,11-12,16-19H2,1H3,(H,32,35)(H,36,37). The molecule has 1 amide bonds. The Balaban J connectivity index is 1.12. The third-order valence-corrected chi connectivity index (χ3v) is 7.65. The Kier molecular flexibility index (Phi) is 7.72. The fourth-order valence-electron chi connectivity index (χ4n) is 5.66. The van der Waals surface area contributed by atoms with Gasteiger partial charge in [0.1, 0.15) is 17.3 Å². The van der Waals surface area contributed by atoms with Crippen molar-refractivity contribution < 1.29 is 23.8 Å². The first-order chi connectivity index (χ1) is 18.4. The van der Waals surface area contributed by atoms with Crippen LogP contribution in [0.2, 0.25) is 0 Å². The lowest BCUT2D eigenvalue weighted by Crippen LogP contribution is -2.50. The average molecular weight is 518 g/mol. The third kappa shape index (κ3) is 6.03. The summed E-state index contributed by atoms with van der Waals surface area (Å²) in [7, 11) is 1.99. The van der Waals surface area contributed by atoms with E-state index >= 15 is 0 Å². The lowest BCUT2D eigenvalue weighted by molar-refractivity contribution is -0.117. The molecule has 2 unspecified atom stereocenters. The number of hydrogen-bond donors (Lipinski definition) is 2. The highest BCUT2D eigenvalue weighted by atomic mass is 19.1. The number of likely N-dealkylation sites (N-methyl/N-ethyl adjacent to an activating group) is 1. The molecule has 0 saturated carbocycles. The normalized spacial score (nSPS) is 20.9. The van der Waals surface area contributed by atoms with Gasteiger partial charge in [0, 0.05) is 35.9 Å². The molecule has 38 heavy (non-hydrogen) atoms. The quantitative estimate of drug-likeness (QED) is 0.397. The largest absolute Gasteiger partial charge is 0.478 e. The Hall–Kier alpha value is -3.75. The number of piperidine rings is 1. The number of nitrogens with one attached hydrogen (secondary N) is 1. The summed E-state index contributed by atoms with van der Waals surface area (Å²) in [5.74, 6) is -0.213. The van der Waals surface area contributed by atoms with E-state index in [2.05, 4.69) is 15.1 Å². The van der Waals surface area contributed by atoms with Crippen molar-refractivity contribution in [2.75, 3.05) is 18.9 Å². The first-order valence-corrected chi connectivity index (χ1v) is 13.0. The molecule has 3 aromatic rings. The predicted molar refractivity (Wildman–Crippen MR) is 143 cm³/mol. The highest BCUT2D eigenvalue weighted by Crippen LogP contribution is 2.38. The molecule has 5 rings (SSSR count). The number of halogens is 1. The van der Waals surface area contributed by atoms with E-state index in [0.29, 0.717) is 29.9 Å². The van der Waals surface area contributed by atoms with Gasteiger partial charge in [0.25, 0.3) is 0 Å². The molecular formula is C30H32FN3O4. The summed E-state index contributed by atoms with van der Waals surface area (Å²) in [6.07, 6.45) is 3.93. The molecule has 0 aliphatic carbocycles. The Labute approximate surface area is 221 Å². The Morgan fingerprint density at radius 2 is 1.66 bits per heavy atom. The summed E-state index contributed by atoms with van der Waals surface area (Å²) in [6.45, 7) is 0.764. The van der Waals surface area contributed by atoms with Crippen molar-refractivity contribution in [1.29, 1.82) is 0 Å². The van der Waals surface area contributed by atoms with Crippen LogP contribution in [0.15, 0.2) is 72.8 Å². The van der Waals surface area contributed by atoms with Crippen LogP contribution in [0.1, 0.15) is 41.6 Å². The lowest BCUT2D eigenvalue weighted by Gasteiger charge is -2.42. The van der Waals surface area contributed by atoms with Crippen molar-refractivity contribution in [3.63, 3.8) is 0 Å². The maximum Gasteiger partial charge on any atom is 0.335 e. The fourth-order valence-corrected chi connectivity index (χ4v) is 5.66. The van der Waals surface area contributed by atoms with Crippen molar-refractivity contribution in [2.45, 2.75) is 50.4 Å². The number of carboxylic acid groups (broad SMARTS) is 1. The minimum atomic E-state index is -1.13. The van der Waals surface area contributed by atoms with Gasteiger partial charge >= 0.3 is 5.97 Å². The number of rotatable bonds is 9. The number of aromatic carboxylic acids is 1. The Morgan fingerprint density at radius 1 is 1.00 bits per heavy atom. The van der Waals surface area contributed by atoms with E-state index in [4.69, 9.17) is 9.84 Å². The molecule has 2 fully saturated rings. The molecule has 2 heterocycles. The number of carboxylic acids is 1. The van der Waals surface area contributed by atoms with E-state index in [1.54, 1.807) is 6.07 Å². The van der Waals surface area contributed by atoms with Crippen molar-refractivity contribution >= 4 is 17.6 Å². The van der Waals surface area contributed by atoms with Gasteiger partial charge < -0.3 is 15.2 Å². The number of fused-ring (bicyclic) bond motifs is 2. The molecule has 2 aliphatic rings. The van der Waals surface area contributed by atoms with Crippen LogP contribution >= 0.6 is 0 Å². The summed E-state index contributed by atoms with van der Waals surface area (Å²) in [5.41, 5.74) is 1.21. The number of anilines is 1. The number of para-hydroxylation sites is 1. The second-order valence-electron chi connectivity index (χ2n) is 10.2. The summed E-state index contributed by atoms with van der Waals surface area (Å²) in [5, 5.41) is 12.1. The molecule has 2 N–H and O–H groups in total. The van der Waals surface area contributed by atoms with Crippen LogP contribution in [0.3, 0.4) is 0 Å².